The number of hydrogen-bond donors (Lipinski definition) is 0. The lowest BCUT2D eigenvalue weighted by molar-refractivity contribution is -0.131. The lowest BCUT2D eigenvalue weighted by Gasteiger charge is -2.41. The molecule has 0 N–H and O–H groups in total. The van der Waals surface area contributed by atoms with Crippen LogP contribution in [-0.4, -0.2) is 90.8 Å². The largest absolute Gasteiger partial charge is 0.463 e. The number of ether oxygens (including phenoxy) is 2. The molecule has 4 aromatic rings. The maximum atomic E-state index is 16.8. The Morgan fingerprint density at radius 3 is 2.77 bits per heavy atom. The third-order valence-electron chi connectivity index (χ3n) is 9.87. The first-order valence-electron chi connectivity index (χ1n) is 15.6. The molecule has 3 aromatic carbocycles. The van der Waals surface area contributed by atoms with Crippen LogP contribution in [0.3, 0.4) is 0 Å². The summed E-state index contributed by atoms with van der Waals surface area (Å²) in [6, 6.07) is 16.3. The topological polar surface area (TPSA) is 94.8 Å². The van der Waals surface area contributed by atoms with Crippen LogP contribution >= 0.6 is 11.6 Å². The molecule has 242 valence electrons. The molecule has 1 aromatic heterocycles. The minimum atomic E-state index is -1.08. The molecule has 47 heavy (non-hydrogen) atoms. The maximum absolute atomic E-state index is 16.8. The molecule has 12 heteroatoms. The van der Waals surface area contributed by atoms with Gasteiger partial charge in [0.2, 0.25) is 0 Å². The summed E-state index contributed by atoms with van der Waals surface area (Å²) in [6.07, 6.45) is 0.861. The lowest BCUT2D eigenvalue weighted by Crippen LogP contribution is -2.55. The van der Waals surface area contributed by atoms with Crippen LogP contribution in [0.15, 0.2) is 60.9 Å². The summed E-state index contributed by atoms with van der Waals surface area (Å²) in [5.74, 6) is -2.08. The first-order valence-corrected chi connectivity index (χ1v) is 15.9. The minimum Gasteiger partial charge on any atom is -0.463 e. The maximum Gasteiger partial charge on any atom is 0.319 e. The van der Waals surface area contributed by atoms with E-state index in [1.165, 1.54) is 4.90 Å². The van der Waals surface area contributed by atoms with Crippen molar-refractivity contribution in [3.05, 3.63) is 71.8 Å². The zero-order valence-corrected chi connectivity index (χ0v) is 26.6. The van der Waals surface area contributed by atoms with E-state index in [0.29, 0.717) is 47.2 Å². The van der Waals surface area contributed by atoms with Gasteiger partial charge in [0, 0.05) is 52.4 Å². The van der Waals surface area contributed by atoms with Crippen molar-refractivity contribution in [1.82, 2.24) is 19.8 Å². The van der Waals surface area contributed by atoms with E-state index in [0.717, 1.165) is 23.7 Å². The van der Waals surface area contributed by atoms with Gasteiger partial charge in [0.25, 0.3) is 5.91 Å². The fourth-order valence-corrected chi connectivity index (χ4v) is 7.65. The van der Waals surface area contributed by atoms with Gasteiger partial charge in [-0.2, -0.15) is 15.2 Å². The second-order valence-electron chi connectivity index (χ2n) is 12.6. The quantitative estimate of drug-likeness (QED) is 0.232. The molecule has 3 atom stereocenters. The SMILES string of the molecule is C=C(F)C(=O)N1CCN(c2nc(OCC34CCN(C)C3COC4)nc3c(F)c(-c4cccc5cccc(Cl)c45)ccc23)C[C@@H]1CC#N. The smallest absolute Gasteiger partial charge is 0.319 e. The molecule has 7 rings (SSSR count). The molecule has 3 aliphatic rings. The minimum absolute atomic E-state index is 0.0153. The number of halogens is 3. The predicted octanol–water partition coefficient (Wildman–Crippen LogP) is 5.76. The van der Waals surface area contributed by atoms with Gasteiger partial charge < -0.3 is 24.2 Å². The number of nitriles is 1. The average molecular weight is 659 g/mol. The highest BCUT2D eigenvalue weighted by atomic mass is 35.5. The molecule has 3 fully saturated rings. The zero-order chi connectivity index (χ0) is 32.9. The van der Waals surface area contributed by atoms with E-state index >= 15 is 4.39 Å². The Hall–Kier alpha value is -4.37. The molecule has 0 spiro atoms. The Labute approximate surface area is 275 Å². The summed E-state index contributed by atoms with van der Waals surface area (Å²) >= 11 is 6.62. The lowest BCUT2D eigenvalue weighted by atomic mass is 9.84. The Balaban J connectivity index is 1.33. The number of fused-ring (bicyclic) bond motifs is 3. The molecule has 9 nitrogen and oxygen atoms in total. The molecule has 3 aliphatic heterocycles. The molecule has 3 saturated heterocycles. The van der Waals surface area contributed by atoms with Crippen LogP contribution in [0.25, 0.3) is 32.8 Å². The van der Waals surface area contributed by atoms with Gasteiger partial charge in [-0.05, 0) is 43.1 Å². The Kier molecular flexibility index (Phi) is 8.20. The second kappa shape index (κ2) is 12.3. The van der Waals surface area contributed by atoms with Crippen LogP contribution < -0.4 is 9.64 Å². The number of amides is 1. The van der Waals surface area contributed by atoms with Crippen molar-refractivity contribution in [2.75, 3.05) is 57.9 Å². The van der Waals surface area contributed by atoms with Gasteiger partial charge in [-0.15, -0.1) is 0 Å². The fraction of sp³-hybridized carbons (Fsp3) is 0.371. The number of benzene rings is 3. The number of rotatable bonds is 7. The second-order valence-corrected chi connectivity index (χ2v) is 13.0. The monoisotopic (exact) mass is 658 g/mol. The summed E-state index contributed by atoms with van der Waals surface area (Å²) in [4.78, 5) is 27.4. The standard InChI is InChI=1S/C35H33ClF2N6O3/c1-21(37)33(45)44-16-15-43(17-23(44)11-13-39)32-26-10-9-25(24-7-3-5-22-6-4-8-27(36)29(22)24)30(38)31(26)40-34(41-32)47-20-35-12-14-42(2)28(35)18-46-19-35/h3-10,23,28H,1,11-12,14-20H2,2H3/t23-,28?,35?/m0/s1. The van der Waals surface area contributed by atoms with E-state index in [9.17, 15) is 14.4 Å². The highest BCUT2D eigenvalue weighted by Crippen LogP contribution is 2.42. The Morgan fingerprint density at radius 2 is 1.98 bits per heavy atom. The Morgan fingerprint density at radius 1 is 1.17 bits per heavy atom. The van der Waals surface area contributed by atoms with Crippen molar-refractivity contribution in [2.24, 2.45) is 5.41 Å². The van der Waals surface area contributed by atoms with Crippen molar-refractivity contribution in [3.8, 4) is 23.2 Å². The molecule has 0 radical (unpaired) electrons. The molecule has 0 aliphatic carbocycles. The third kappa shape index (κ3) is 5.44. The normalized spacial score (nSPS) is 22.9. The number of likely N-dealkylation sites (tertiary alicyclic amines) is 1. The number of hydrogen-bond acceptors (Lipinski definition) is 8. The summed E-state index contributed by atoms with van der Waals surface area (Å²) in [5.41, 5.74) is 0.790. The first-order chi connectivity index (χ1) is 22.7. The molecular weight excluding hydrogens is 626 g/mol. The third-order valence-corrected chi connectivity index (χ3v) is 10.2. The first kappa shape index (κ1) is 31.2. The number of aromatic nitrogens is 2. The van der Waals surface area contributed by atoms with Gasteiger partial charge in [0.1, 0.15) is 17.9 Å². The summed E-state index contributed by atoms with van der Waals surface area (Å²) in [7, 11) is 2.07. The van der Waals surface area contributed by atoms with E-state index < -0.39 is 23.6 Å². The van der Waals surface area contributed by atoms with Crippen molar-refractivity contribution in [3.63, 3.8) is 0 Å². The van der Waals surface area contributed by atoms with Gasteiger partial charge >= 0.3 is 6.01 Å². The van der Waals surface area contributed by atoms with Crippen LogP contribution in [0.5, 0.6) is 6.01 Å². The number of carbonyl (C=O) groups is 1. The summed E-state index contributed by atoms with van der Waals surface area (Å²) in [6.45, 7) is 6.09. The number of anilines is 1. The van der Waals surface area contributed by atoms with Crippen LogP contribution in [-0.2, 0) is 9.53 Å². The van der Waals surface area contributed by atoms with Crippen LogP contribution in [0.2, 0.25) is 5.02 Å². The van der Waals surface area contributed by atoms with Crippen molar-refractivity contribution < 1.29 is 23.0 Å². The number of likely N-dealkylation sites (N-methyl/N-ethyl adjacent to an activating group) is 1. The number of nitrogens with zero attached hydrogens (tertiary/aromatic N) is 6. The molecule has 0 saturated carbocycles. The van der Waals surface area contributed by atoms with E-state index in [2.05, 4.69) is 29.6 Å². The van der Waals surface area contributed by atoms with Crippen molar-refractivity contribution in [1.29, 1.82) is 5.26 Å². The van der Waals surface area contributed by atoms with E-state index in [1.54, 1.807) is 18.2 Å². The van der Waals surface area contributed by atoms with Gasteiger partial charge in [0.05, 0.1) is 31.7 Å². The van der Waals surface area contributed by atoms with Gasteiger partial charge in [0.15, 0.2) is 11.6 Å². The predicted molar refractivity (Wildman–Crippen MR) is 175 cm³/mol. The Bertz CT molecular complexity index is 1950. The molecule has 2 unspecified atom stereocenters. The number of piperazine rings is 1. The highest BCUT2D eigenvalue weighted by Gasteiger charge is 2.51. The van der Waals surface area contributed by atoms with Gasteiger partial charge in [-0.25, -0.2) is 8.78 Å². The molecule has 4 heterocycles. The van der Waals surface area contributed by atoms with Gasteiger partial charge in [-0.1, -0.05) is 54.6 Å². The van der Waals surface area contributed by atoms with E-state index in [-0.39, 0.29) is 49.0 Å². The van der Waals surface area contributed by atoms with Crippen molar-refractivity contribution >= 4 is 45.0 Å². The van der Waals surface area contributed by atoms with E-state index in [4.69, 9.17) is 26.1 Å². The molecular formula is C35H33ClF2N6O3. The van der Waals surface area contributed by atoms with Crippen LogP contribution in [0.4, 0.5) is 14.6 Å². The van der Waals surface area contributed by atoms with Crippen LogP contribution in [0.1, 0.15) is 12.8 Å². The average Bonchev–Trinajstić information content (AvgIpc) is 3.63. The highest BCUT2D eigenvalue weighted by molar-refractivity contribution is 6.36. The van der Waals surface area contributed by atoms with Crippen LogP contribution in [0, 0.1) is 22.6 Å². The summed E-state index contributed by atoms with van der Waals surface area (Å²) in [5, 5.41) is 12.1. The number of carbonyl (C=O) groups excluding carboxylic acids is 1. The fourth-order valence-electron chi connectivity index (χ4n) is 7.36. The van der Waals surface area contributed by atoms with E-state index in [1.807, 2.05) is 35.2 Å². The molecule has 0 bridgehead atoms. The summed E-state index contributed by atoms with van der Waals surface area (Å²) < 4.78 is 42.8. The molecule has 1 amide bonds. The van der Waals surface area contributed by atoms with Gasteiger partial charge in [-0.3, -0.25) is 4.79 Å². The van der Waals surface area contributed by atoms with Crippen molar-refractivity contribution in [2.45, 2.75) is 24.9 Å². The zero-order valence-electron chi connectivity index (χ0n) is 25.9.